The van der Waals surface area contributed by atoms with E-state index in [9.17, 15) is 0 Å². The molecule has 0 aliphatic rings. The van der Waals surface area contributed by atoms with Crippen molar-refractivity contribution in [3.05, 3.63) is 29.8 Å². The SMILES string of the molecule is CCc1cccc(NCCCCSC)c1. The number of unbranched alkanes of at least 4 members (excludes halogenated alkanes) is 1. The van der Waals surface area contributed by atoms with Crippen molar-refractivity contribution in [2.75, 3.05) is 23.9 Å². The predicted octanol–water partition coefficient (Wildman–Crippen LogP) is 3.80. The molecule has 0 atom stereocenters. The van der Waals surface area contributed by atoms with Gasteiger partial charge < -0.3 is 5.32 Å². The summed E-state index contributed by atoms with van der Waals surface area (Å²) in [5.41, 5.74) is 2.67. The zero-order chi connectivity index (χ0) is 10.9. The second-order valence-electron chi connectivity index (χ2n) is 3.68. The van der Waals surface area contributed by atoms with Gasteiger partial charge in [0.1, 0.15) is 0 Å². The molecule has 0 fully saturated rings. The Morgan fingerprint density at radius 1 is 1.27 bits per heavy atom. The van der Waals surface area contributed by atoms with Crippen LogP contribution in [0.2, 0.25) is 0 Å². The normalized spacial score (nSPS) is 10.3. The average Bonchev–Trinajstić information content (AvgIpc) is 2.29. The van der Waals surface area contributed by atoms with Gasteiger partial charge in [-0.15, -0.1) is 0 Å². The van der Waals surface area contributed by atoms with Crippen LogP contribution < -0.4 is 5.32 Å². The smallest absolute Gasteiger partial charge is 0.0342 e. The minimum absolute atomic E-state index is 1.09. The molecule has 84 valence electrons. The van der Waals surface area contributed by atoms with E-state index in [2.05, 4.69) is 42.8 Å². The largest absolute Gasteiger partial charge is 0.385 e. The van der Waals surface area contributed by atoms with Gasteiger partial charge in [0.05, 0.1) is 0 Å². The van der Waals surface area contributed by atoms with Gasteiger partial charge in [-0.25, -0.2) is 0 Å². The van der Waals surface area contributed by atoms with Crippen molar-refractivity contribution < 1.29 is 0 Å². The molecule has 0 heterocycles. The first-order valence-electron chi connectivity index (χ1n) is 5.68. The van der Waals surface area contributed by atoms with Gasteiger partial charge in [0, 0.05) is 12.2 Å². The van der Waals surface area contributed by atoms with Crippen LogP contribution in [0.5, 0.6) is 0 Å². The van der Waals surface area contributed by atoms with Crippen LogP contribution in [0.15, 0.2) is 24.3 Å². The highest BCUT2D eigenvalue weighted by atomic mass is 32.2. The Kier molecular flexibility index (Phi) is 6.33. The van der Waals surface area contributed by atoms with E-state index in [-0.39, 0.29) is 0 Å². The minimum Gasteiger partial charge on any atom is -0.385 e. The number of aryl methyl sites for hydroxylation is 1. The molecule has 15 heavy (non-hydrogen) atoms. The van der Waals surface area contributed by atoms with Crippen LogP contribution >= 0.6 is 11.8 Å². The molecule has 0 aliphatic carbocycles. The van der Waals surface area contributed by atoms with E-state index in [1.54, 1.807) is 0 Å². The van der Waals surface area contributed by atoms with Gasteiger partial charge in [0.2, 0.25) is 0 Å². The van der Waals surface area contributed by atoms with Crippen LogP contribution in [0, 0.1) is 0 Å². The monoisotopic (exact) mass is 223 g/mol. The lowest BCUT2D eigenvalue weighted by molar-refractivity contribution is 0.843. The second-order valence-corrected chi connectivity index (χ2v) is 4.67. The molecule has 0 amide bonds. The minimum atomic E-state index is 1.09. The summed E-state index contributed by atoms with van der Waals surface area (Å²) < 4.78 is 0. The fraction of sp³-hybridized carbons (Fsp3) is 0.538. The molecule has 0 aliphatic heterocycles. The van der Waals surface area contributed by atoms with E-state index in [1.807, 2.05) is 11.8 Å². The molecule has 0 aromatic heterocycles. The topological polar surface area (TPSA) is 12.0 Å². The molecule has 1 N–H and O–H groups in total. The molecule has 0 unspecified atom stereocenters. The van der Waals surface area contributed by atoms with Crippen molar-refractivity contribution in [3.8, 4) is 0 Å². The Bertz CT molecular complexity index is 273. The lowest BCUT2D eigenvalue weighted by Crippen LogP contribution is -2.02. The van der Waals surface area contributed by atoms with Crippen LogP contribution in [-0.2, 0) is 6.42 Å². The number of nitrogens with one attached hydrogen (secondary N) is 1. The molecule has 2 heteroatoms. The summed E-state index contributed by atoms with van der Waals surface area (Å²) in [5.74, 6) is 1.27. The third-order valence-corrected chi connectivity index (χ3v) is 3.14. The fourth-order valence-corrected chi connectivity index (χ4v) is 2.00. The molecular formula is C13H21NS. The van der Waals surface area contributed by atoms with E-state index < -0.39 is 0 Å². The number of hydrogen-bond acceptors (Lipinski definition) is 2. The third kappa shape index (κ3) is 5.12. The number of benzene rings is 1. The number of hydrogen-bond donors (Lipinski definition) is 1. The van der Waals surface area contributed by atoms with Crippen molar-refractivity contribution in [2.45, 2.75) is 26.2 Å². The van der Waals surface area contributed by atoms with Gasteiger partial charge in [0.15, 0.2) is 0 Å². The van der Waals surface area contributed by atoms with Gasteiger partial charge in [-0.3, -0.25) is 0 Å². The Morgan fingerprint density at radius 2 is 2.13 bits per heavy atom. The molecular weight excluding hydrogens is 202 g/mol. The molecule has 0 bridgehead atoms. The quantitative estimate of drug-likeness (QED) is 0.706. The summed E-state index contributed by atoms with van der Waals surface area (Å²) in [7, 11) is 0. The van der Waals surface area contributed by atoms with Crippen LogP contribution in [0.4, 0.5) is 5.69 Å². The molecule has 0 radical (unpaired) electrons. The highest BCUT2D eigenvalue weighted by molar-refractivity contribution is 7.98. The van der Waals surface area contributed by atoms with Gasteiger partial charge in [-0.05, 0) is 49.0 Å². The van der Waals surface area contributed by atoms with Crippen LogP contribution in [0.1, 0.15) is 25.3 Å². The highest BCUT2D eigenvalue weighted by Gasteiger charge is 1.93. The van der Waals surface area contributed by atoms with E-state index >= 15 is 0 Å². The van der Waals surface area contributed by atoms with Crippen molar-refractivity contribution in [2.24, 2.45) is 0 Å². The summed E-state index contributed by atoms with van der Waals surface area (Å²) in [6.45, 7) is 3.28. The maximum absolute atomic E-state index is 3.47. The summed E-state index contributed by atoms with van der Waals surface area (Å²) in [6, 6.07) is 8.70. The highest BCUT2D eigenvalue weighted by Crippen LogP contribution is 2.11. The van der Waals surface area contributed by atoms with E-state index in [0.29, 0.717) is 0 Å². The lowest BCUT2D eigenvalue weighted by Gasteiger charge is -2.07. The van der Waals surface area contributed by atoms with E-state index in [1.165, 1.54) is 29.8 Å². The average molecular weight is 223 g/mol. The summed E-state index contributed by atoms with van der Waals surface area (Å²) in [6.07, 6.45) is 5.85. The Labute approximate surface area is 97.7 Å². The second kappa shape index (κ2) is 7.63. The van der Waals surface area contributed by atoms with Crippen molar-refractivity contribution >= 4 is 17.4 Å². The number of thioether (sulfide) groups is 1. The zero-order valence-corrected chi connectivity index (χ0v) is 10.6. The molecule has 1 nitrogen and oxygen atoms in total. The maximum Gasteiger partial charge on any atom is 0.0342 e. The van der Waals surface area contributed by atoms with Crippen molar-refractivity contribution in [1.29, 1.82) is 0 Å². The Hall–Kier alpha value is -0.630. The Morgan fingerprint density at radius 3 is 2.87 bits per heavy atom. The predicted molar refractivity (Wildman–Crippen MR) is 71.9 cm³/mol. The van der Waals surface area contributed by atoms with Gasteiger partial charge in [0.25, 0.3) is 0 Å². The molecule has 0 saturated carbocycles. The van der Waals surface area contributed by atoms with E-state index in [4.69, 9.17) is 0 Å². The molecule has 1 rings (SSSR count). The number of rotatable bonds is 7. The maximum atomic E-state index is 3.47. The van der Waals surface area contributed by atoms with Crippen molar-refractivity contribution in [3.63, 3.8) is 0 Å². The zero-order valence-electron chi connectivity index (χ0n) is 9.75. The first kappa shape index (κ1) is 12.4. The lowest BCUT2D eigenvalue weighted by atomic mass is 10.1. The van der Waals surface area contributed by atoms with Gasteiger partial charge >= 0.3 is 0 Å². The summed E-state index contributed by atoms with van der Waals surface area (Å²) in [4.78, 5) is 0. The first-order valence-corrected chi connectivity index (χ1v) is 7.08. The van der Waals surface area contributed by atoms with Crippen LogP contribution in [0.25, 0.3) is 0 Å². The van der Waals surface area contributed by atoms with Gasteiger partial charge in [-0.2, -0.15) is 11.8 Å². The standard InChI is InChI=1S/C13H21NS/c1-3-12-7-6-8-13(11-12)14-9-4-5-10-15-2/h6-8,11,14H,3-5,9-10H2,1-2H3. The van der Waals surface area contributed by atoms with Gasteiger partial charge in [-0.1, -0.05) is 19.1 Å². The molecule has 1 aromatic carbocycles. The summed E-state index contributed by atoms with van der Waals surface area (Å²) in [5, 5.41) is 3.47. The fourth-order valence-electron chi connectivity index (χ4n) is 1.51. The van der Waals surface area contributed by atoms with Crippen LogP contribution in [-0.4, -0.2) is 18.6 Å². The summed E-state index contributed by atoms with van der Waals surface area (Å²) >= 11 is 1.93. The third-order valence-electron chi connectivity index (χ3n) is 2.44. The van der Waals surface area contributed by atoms with Crippen LogP contribution in [0.3, 0.4) is 0 Å². The molecule has 0 saturated heterocycles. The van der Waals surface area contributed by atoms with Crippen molar-refractivity contribution in [1.82, 2.24) is 0 Å². The number of anilines is 1. The Balaban J connectivity index is 2.24. The molecule has 0 spiro atoms. The molecule has 1 aromatic rings. The first-order chi connectivity index (χ1) is 7.36. The van der Waals surface area contributed by atoms with E-state index in [0.717, 1.165) is 13.0 Å².